The summed E-state index contributed by atoms with van der Waals surface area (Å²) in [6.07, 6.45) is 1.96. The van der Waals surface area contributed by atoms with Gasteiger partial charge < -0.3 is 11.1 Å². The van der Waals surface area contributed by atoms with E-state index in [2.05, 4.69) is 19.2 Å². The molecule has 0 saturated heterocycles. The topological polar surface area (TPSA) is 115 Å². The van der Waals surface area contributed by atoms with Crippen molar-refractivity contribution in [1.29, 1.82) is 0 Å². The van der Waals surface area contributed by atoms with Crippen molar-refractivity contribution in [3.63, 3.8) is 0 Å². The van der Waals surface area contributed by atoms with Crippen LogP contribution < -0.4 is 16.2 Å². The summed E-state index contributed by atoms with van der Waals surface area (Å²) < 4.78 is 21.3. The molecule has 0 bridgehead atoms. The summed E-state index contributed by atoms with van der Waals surface area (Å²) in [5, 5.41) is 7.34. The SMILES string of the molecule is CC(C)(CCN)CCC(=O)NCCS(N)(=O)=O. The Morgan fingerprint density at radius 1 is 1.29 bits per heavy atom. The van der Waals surface area contributed by atoms with Gasteiger partial charge in [0.25, 0.3) is 0 Å². The normalized spacial score (nSPS) is 12.5. The minimum absolute atomic E-state index is 0.0338. The number of carbonyl (C=O) groups excluding carboxylic acids is 1. The molecule has 0 rings (SSSR count). The quantitative estimate of drug-likeness (QED) is 0.551. The fourth-order valence-corrected chi connectivity index (χ4v) is 1.78. The molecule has 1 amide bonds. The van der Waals surface area contributed by atoms with E-state index in [0.29, 0.717) is 13.0 Å². The summed E-state index contributed by atoms with van der Waals surface area (Å²) >= 11 is 0. The largest absolute Gasteiger partial charge is 0.355 e. The van der Waals surface area contributed by atoms with Gasteiger partial charge in [-0.15, -0.1) is 0 Å². The zero-order valence-electron chi connectivity index (χ0n) is 10.5. The maximum Gasteiger partial charge on any atom is 0.220 e. The summed E-state index contributed by atoms with van der Waals surface area (Å²) in [6, 6.07) is 0. The summed E-state index contributed by atoms with van der Waals surface area (Å²) in [6.45, 7) is 4.77. The molecule has 6 nitrogen and oxygen atoms in total. The molecule has 102 valence electrons. The molecule has 0 heterocycles. The molecule has 0 radical (unpaired) electrons. The molecule has 0 aliphatic rings. The maximum absolute atomic E-state index is 11.4. The first kappa shape index (κ1) is 16.3. The molecular formula is C10H23N3O3S. The monoisotopic (exact) mass is 265 g/mol. The Morgan fingerprint density at radius 2 is 1.88 bits per heavy atom. The molecule has 0 aliphatic carbocycles. The number of hydrogen-bond donors (Lipinski definition) is 3. The zero-order chi connectivity index (χ0) is 13.5. The van der Waals surface area contributed by atoms with Crippen molar-refractivity contribution in [2.24, 2.45) is 16.3 Å². The molecule has 0 aliphatic heterocycles. The first-order chi connectivity index (χ1) is 7.66. The lowest BCUT2D eigenvalue weighted by Crippen LogP contribution is -2.32. The highest BCUT2D eigenvalue weighted by Gasteiger charge is 2.18. The van der Waals surface area contributed by atoms with Gasteiger partial charge in [0.05, 0.1) is 5.75 Å². The van der Waals surface area contributed by atoms with Crippen molar-refractivity contribution in [1.82, 2.24) is 5.32 Å². The second kappa shape index (κ2) is 6.93. The van der Waals surface area contributed by atoms with Crippen LogP contribution in [0.2, 0.25) is 0 Å². The Bertz CT molecular complexity index is 339. The van der Waals surface area contributed by atoms with Gasteiger partial charge >= 0.3 is 0 Å². The third kappa shape index (κ3) is 10.2. The van der Waals surface area contributed by atoms with Crippen LogP contribution in [-0.4, -0.2) is 33.2 Å². The Balaban J connectivity index is 3.81. The van der Waals surface area contributed by atoms with Crippen LogP contribution in [0.5, 0.6) is 0 Å². The summed E-state index contributed by atoms with van der Waals surface area (Å²) in [5.41, 5.74) is 5.50. The fraction of sp³-hybridized carbons (Fsp3) is 0.900. The number of amides is 1. The van der Waals surface area contributed by atoms with Gasteiger partial charge in [0.2, 0.25) is 15.9 Å². The van der Waals surface area contributed by atoms with Crippen LogP contribution in [0.25, 0.3) is 0 Å². The van der Waals surface area contributed by atoms with Crippen molar-refractivity contribution in [3.05, 3.63) is 0 Å². The van der Waals surface area contributed by atoms with E-state index in [9.17, 15) is 13.2 Å². The van der Waals surface area contributed by atoms with Crippen molar-refractivity contribution in [3.8, 4) is 0 Å². The Labute approximate surface area is 103 Å². The Hall–Kier alpha value is -0.660. The smallest absolute Gasteiger partial charge is 0.220 e. The van der Waals surface area contributed by atoms with Crippen LogP contribution in [0.3, 0.4) is 0 Å². The number of primary sulfonamides is 1. The highest BCUT2D eigenvalue weighted by atomic mass is 32.2. The first-order valence-corrected chi connectivity index (χ1v) is 7.35. The lowest BCUT2D eigenvalue weighted by Gasteiger charge is -2.23. The predicted molar refractivity (Wildman–Crippen MR) is 67.7 cm³/mol. The third-order valence-electron chi connectivity index (χ3n) is 2.56. The van der Waals surface area contributed by atoms with E-state index < -0.39 is 10.0 Å². The molecule has 5 N–H and O–H groups in total. The third-order valence-corrected chi connectivity index (χ3v) is 3.33. The number of nitrogens with two attached hydrogens (primary N) is 2. The number of carbonyl (C=O) groups is 1. The Morgan fingerprint density at radius 3 is 2.35 bits per heavy atom. The van der Waals surface area contributed by atoms with Crippen LogP contribution in [0, 0.1) is 5.41 Å². The molecule has 0 aromatic rings. The average molecular weight is 265 g/mol. The molecule has 0 spiro atoms. The molecular weight excluding hydrogens is 242 g/mol. The van der Waals surface area contributed by atoms with Gasteiger partial charge in [-0.05, 0) is 24.8 Å². The molecule has 17 heavy (non-hydrogen) atoms. The number of hydrogen-bond acceptors (Lipinski definition) is 4. The second-order valence-electron chi connectivity index (χ2n) is 4.92. The predicted octanol–water partition coefficient (Wildman–Crippen LogP) is -0.454. The highest BCUT2D eigenvalue weighted by molar-refractivity contribution is 7.89. The van der Waals surface area contributed by atoms with E-state index in [1.165, 1.54) is 0 Å². The molecule has 0 aromatic heterocycles. The average Bonchev–Trinajstić information content (AvgIpc) is 2.13. The number of nitrogens with one attached hydrogen (secondary N) is 1. The molecule has 0 atom stereocenters. The van der Waals surface area contributed by atoms with Crippen LogP contribution in [0.15, 0.2) is 0 Å². The van der Waals surface area contributed by atoms with E-state index >= 15 is 0 Å². The molecule has 7 heteroatoms. The Kier molecular flexibility index (Phi) is 6.66. The van der Waals surface area contributed by atoms with E-state index in [1.54, 1.807) is 0 Å². The number of sulfonamides is 1. The summed E-state index contributed by atoms with van der Waals surface area (Å²) in [7, 11) is -3.50. The van der Waals surface area contributed by atoms with Gasteiger partial charge in [-0.2, -0.15) is 0 Å². The number of rotatable bonds is 8. The standard InChI is InChI=1S/C10H23N3O3S/c1-10(2,5-6-11)4-3-9(14)13-7-8-17(12,15)16/h3-8,11H2,1-2H3,(H,13,14)(H2,12,15,16). The molecule has 0 aromatic carbocycles. The van der Waals surface area contributed by atoms with E-state index in [1.807, 2.05) is 0 Å². The lowest BCUT2D eigenvalue weighted by atomic mass is 9.84. The van der Waals surface area contributed by atoms with E-state index in [-0.39, 0.29) is 23.6 Å². The van der Waals surface area contributed by atoms with Crippen LogP contribution in [0.4, 0.5) is 0 Å². The second-order valence-corrected chi connectivity index (χ2v) is 6.65. The first-order valence-electron chi connectivity index (χ1n) is 5.63. The van der Waals surface area contributed by atoms with Crippen LogP contribution >= 0.6 is 0 Å². The zero-order valence-corrected chi connectivity index (χ0v) is 11.3. The van der Waals surface area contributed by atoms with Gasteiger partial charge in [0.1, 0.15) is 0 Å². The van der Waals surface area contributed by atoms with Gasteiger partial charge in [0, 0.05) is 13.0 Å². The molecule has 0 unspecified atom stereocenters. The van der Waals surface area contributed by atoms with Gasteiger partial charge in [0.15, 0.2) is 0 Å². The van der Waals surface area contributed by atoms with Crippen molar-refractivity contribution in [2.75, 3.05) is 18.8 Å². The molecule has 0 saturated carbocycles. The summed E-state index contributed by atoms with van der Waals surface area (Å²) in [5.74, 6) is -0.385. The van der Waals surface area contributed by atoms with Gasteiger partial charge in [-0.25, -0.2) is 13.6 Å². The van der Waals surface area contributed by atoms with Gasteiger partial charge in [-0.1, -0.05) is 13.8 Å². The van der Waals surface area contributed by atoms with Crippen molar-refractivity contribution < 1.29 is 13.2 Å². The van der Waals surface area contributed by atoms with Gasteiger partial charge in [-0.3, -0.25) is 4.79 Å². The van der Waals surface area contributed by atoms with E-state index in [0.717, 1.165) is 12.8 Å². The minimum Gasteiger partial charge on any atom is -0.355 e. The maximum atomic E-state index is 11.4. The van der Waals surface area contributed by atoms with Crippen molar-refractivity contribution in [2.45, 2.75) is 33.1 Å². The van der Waals surface area contributed by atoms with E-state index in [4.69, 9.17) is 10.9 Å². The van der Waals surface area contributed by atoms with Crippen LogP contribution in [0.1, 0.15) is 33.1 Å². The van der Waals surface area contributed by atoms with Crippen molar-refractivity contribution >= 4 is 15.9 Å². The lowest BCUT2D eigenvalue weighted by molar-refractivity contribution is -0.121. The fourth-order valence-electron chi connectivity index (χ4n) is 1.39. The summed E-state index contributed by atoms with van der Waals surface area (Å²) in [4.78, 5) is 11.4. The molecule has 0 fully saturated rings. The minimum atomic E-state index is -3.50. The highest BCUT2D eigenvalue weighted by Crippen LogP contribution is 2.25. The van der Waals surface area contributed by atoms with Crippen LogP contribution in [-0.2, 0) is 14.8 Å².